The van der Waals surface area contributed by atoms with Crippen molar-refractivity contribution in [3.8, 4) is 0 Å². The van der Waals surface area contributed by atoms with Crippen molar-refractivity contribution in [2.24, 2.45) is 0 Å². The number of carbonyl (C=O) groups is 1. The van der Waals surface area contributed by atoms with Crippen molar-refractivity contribution in [1.29, 1.82) is 0 Å². The Morgan fingerprint density at radius 3 is 2.91 bits per heavy atom. The van der Waals surface area contributed by atoms with Gasteiger partial charge >= 0.3 is 6.09 Å². The molecule has 0 spiro atoms. The van der Waals surface area contributed by atoms with E-state index in [1.807, 2.05) is 26.8 Å². The lowest BCUT2D eigenvalue weighted by Crippen LogP contribution is -2.47. The Morgan fingerprint density at radius 2 is 2.22 bits per heavy atom. The number of rotatable bonds is 4. The number of piperidine rings is 1. The maximum absolute atomic E-state index is 12.2. The summed E-state index contributed by atoms with van der Waals surface area (Å²) in [5, 5.41) is 3.37. The maximum Gasteiger partial charge on any atom is 0.410 e. The van der Waals surface area contributed by atoms with E-state index in [9.17, 15) is 4.79 Å². The summed E-state index contributed by atoms with van der Waals surface area (Å²) in [5.41, 5.74) is 0.351. The van der Waals surface area contributed by atoms with Crippen LogP contribution in [0.15, 0.2) is 12.4 Å². The van der Waals surface area contributed by atoms with Crippen molar-refractivity contribution >= 4 is 11.9 Å². The molecule has 128 valence electrons. The fourth-order valence-corrected chi connectivity index (χ4v) is 2.50. The first-order valence-corrected chi connectivity index (χ1v) is 7.92. The van der Waals surface area contributed by atoms with E-state index < -0.39 is 5.60 Å². The van der Waals surface area contributed by atoms with Crippen LogP contribution in [0.4, 0.5) is 10.6 Å². The largest absolute Gasteiger partial charge is 0.444 e. The molecule has 0 bridgehead atoms. The number of methoxy groups -OCH3 is 1. The zero-order chi connectivity index (χ0) is 16.9. The number of nitrogens with one attached hydrogen (secondary N) is 1. The number of aromatic nitrogens is 2. The molecule has 1 saturated heterocycles. The van der Waals surface area contributed by atoms with E-state index in [0.717, 1.165) is 30.9 Å². The second-order valence-electron chi connectivity index (χ2n) is 6.74. The molecule has 2 heterocycles. The lowest BCUT2D eigenvalue weighted by atomic mass is 10.1. The quantitative estimate of drug-likeness (QED) is 0.917. The summed E-state index contributed by atoms with van der Waals surface area (Å²) in [6.07, 6.45) is 3.19. The van der Waals surface area contributed by atoms with Gasteiger partial charge in [0.25, 0.3) is 0 Å². The SMILES string of the molecule is COCc1cc(NC2CCCN(C(=O)OC(C)(C)C)C2)ncn1. The van der Waals surface area contributed by atoms with Crippen LogP contribution in [0.25, 0.3) is 0 Å². The number of ether oxygens (including phenoxy) is 2. The van der Waals surface area contributed by atoms with Gasteiger partial charge in [0.1, 0.15) is 17.7 Å². The first kappa shape index (κ1) is 17.5. The van der Waals surface area contributed by atoms with E-state index in [-0.39, 0.29) is 12.1 Å². The maximum atomic E-state index is 12.2. The smallest absolute Gasteiger partial charge is 0.410 e. The summed E-state index contributed by atoms with van der Waals surface area (Å²) in [6, 6.07) is 2.03. The lowest BCUT2D eigenvalue weighted by Gasteiger charge is -2.34. The van der Waals surface area contributed by atoms with E-state index in [4.69, 9.17) is 9.47 Å². The van der Waals surface area contributed by atoms with Crippen molar-refractivity contribution in [1.82, 2.24) is 14.9 Å². The third kappa shape index (κ3) is 5.67. The van der Waals surface area contributed by atoms with E-state index in [1.165, 1.54) is 6.33 Å². The van der Waals surface area contributed by atoms with Crippen LogP contribution >= 0.6 is 0 Å². The monoisotopic (exact) mass is 322 g/mol. The van der Waals surface area contributed by atoms with Crippen molar-refractivity contribution in [3.63, 3.8) is 0 Å². The summed E-state index contributed by atoms with van der Waals surface area (Å²) < 4.78 is 10.5. The van der Waals surface area contributed by atoms with Crippen LogP contribution < -0.4 is 5.32 Å². The van der Waals surface area contributed by atoms with Gasteiger partial charge in [-0.2, -0.15) is 0 Å². The predicted octanol–water partition coefficient (Wildman–Crippen LogP) is 2.43. The second kappa shape index (κ2) is 7.59. The molecule has 2 rings (SSSR count). The Kier molecular flexibility index (Phi) is 5.76. The molecular weight excluding hydrogens is 296 g/mol. The Labute approximate surface area is 137 Å². The number of anilines is 1. The highest BCUT2D eigenvalue weighted by Gasteiger charge is 2.27. The number of carbonyl (C=O) groups excluding carboxylic acids is 1. The standard InChI is InChI=1S/C16H26N4O3/c1-16(2,3)23-15(21)20-7-5-6-12(9-20)19-14-8-13(10-22-4)17-11-18-14/h8,11-12H,5-7,9-10H2,1-4H3,(H,17,18,19). The second-order valence-corrected chi connectivity index (χ2v) is 6.74. The van der Waals surface area contributed by atoms with Gasteiger partial charge in [-0.3, -0.25) is 0 Å². The lowest BCUT2D eigenvalue weighted by molar-refractivity contribution is 0.0206. The topological polar surface area (TPSA) is 76.6 Å². The van der Waals surface area contributed by atoms with Crippen LogP contribution in [-0.2, 0) is 16.1 Å². The van der Waals surface area contributed by atoms with Gasteiger partial charge in [0.15, 0.2) is 0 Å². The first-order valence-electron chi connectivity index (χ1n) is 7.92. The molecule has 0 radical (unpaired) electrons. The molecule has 1 aromatic heterocycles. The normalized spacial score (nSPS) is 18.6. The first-order chi connectivity index (χ1) is 10.9. The van der Waals surface area contributed by atoms with Crippen molar-refractivity contribution in [2.45, 2.75) is 51.9 Å². The Hall–Kier alpha value is -1.89. The molecular formula is C16H26N4O3. The van der Waals surface area contributed by atoms with Crippen molar-refractivity contribution in [2.75, 3.05) is 25.5 Å². The molecule has 1 aliphatic rings. The zero-order valence-electron chi connectivity index (χ0n) is 14.3. The highest BCUT2D eigenvalue weighted by Crippen LogP contribution is 2.18. The van der Waals surface area contributed by atoms with Crippen LogP contribution in [0.2, 0.25) is 0 Å². The minimum atomic E-state index is -0.473. The summed E-state index contributed by atoms with van der Waals surface area (Å²) >= 11 is 0. The van der Waals surface area contributed by atoms with Gasteiger partial charge in [-0.05, 0) is 33.6 Å². The number of nitrogens with zero attached hydrogens (tertiary/aromatic N) is 3. The van der Waals surface area contributed by atoms with Gasteiger partial charge in [-0.25, -0.2) is 14.8 Å². The van der Waals surface area contributed by atoms with Gasteiger partial charge in [0.2, 0.25) is 0 Å². The van der Waals surface area contributed by atoms with Crippen LogP contribution in [0.5, 0.6) is 0 Å². The zero-order valence-corrected chi connectivity index (χ0v) is 14.3. The van der Waals surface area contributed by atoms with Crippen molar-refractivity contribution in [3.05, 3.63) is 18.1 Å². The third-order valence-corrected chi connectivity index (χ3v) is 3.44. The summed E-state index contributed by atoms with van der Waals surface area (Å²) in [7, 11) is 1.63. The molecule has 1 unspecified atom stereocenters. The highest BCUT2D eigenvalue weighted by molar-refractivity contribution is 5.68. The number of amides is 1. The minimum absolute atomic E-state index is 0.154. The summed E-state index contributed by atoms with van der Waals surface area (Å²) in [4.78, 5) is 22.3. The van der Waals surface area contributed by atoms with Crippen LogP contribution in [0, 0.1) is 0 Å². The molecule has 1 fully saturated rings. The van der Waals surface area contributed by atoms with Crippen LogP contribution in [0.3, 0.4) is 0 Å². The fraction of sp³-hybridized carbons (Fsp3) is 0.688. The molecule has 7 nitrogen and oxygen atoms in total. The van der Waals surface area contributed by atoms with E-state index in [0.29, 0.717) is 13.2 Å². The minimum Gasteiger partial charge on any atom is -0.444 e. The Bertz CT molecular complexity index is 530. The summed E-state index contributed by atoms with van der Waals surface area (Å²) in [5.74, 6) is 0.753. The number of hydrogen-bond acceptors (Lipinski definition) is 6. The van der Waals surface area contributed by atoms with E-state index in [1.54, 1.807) is 12.0 Å². The fourth-order valence-electron chi connectivity index (χ4n) is 2.50. The van der Waals surface area contributed by atoms with E-state index >= 15 is 0 Å². The average molecular weight is 322 g/mol. The van der Waals surface area contributed by atoms with Gasteiger partial charge in [-0.1, -0.05) is 0 Å². The van der Waals surface area contributed by atoms with Crippen LogP contribution in [-0.4, -0.2) is 52.8 Å². The van der Waals surface area contributed by atoms with Gasteiger partial charge in [0.05, 0.1) is 12.3 Å². The molecule has 7 heteroatoms. The highest BCUT2D eigenvalue weighted by atomic mass is 16.6. The number of likely N-dealkylation sites (tertiary alicyclic amines) is 1. The Balaban J connectivity index is 1.93. The van der Waals surface area contributed by atoms with Crippen LogP contribution in [0.1, 0.15) is 39.3 Å². The molecule has 1 aliphatic heterocycles. The molecule has 0 aromatic carbocycles. The summed E-state index contributed by atoms with van der Waals surface area (Å²) in [6.45, 7) is 7.42. The molecule has 1 amide bonds. The molecule has 1 atom stereocenters. The predicted molar refractivity (Wildman–Crippen MR) is 87.2 cm³/mol. The molecule has 23 heavy (non-hydrogen) atoms. The molecule has 0 saturated carbocycles. The van der Waals surface area contributed by atoms with Crippen molar-refractivity contribution < 1.29 is 14.3 Å². The molecule has 1 aromatic rings. The average Bonchev–Trinajstić information content (AvgIpc) is 2.46. The number of hydrogen-bond donors (Lipinski definition) is 1. The molecule has 0 aliphatic carbocycles. The Morgan fingerprint density at radius 1 is 1.43 bits per heavy atom. The third-order valence-electron chi connectivity index (χ3n) is 3.44. The van der Waals surface area contributed by atoms with Gasteiger partial charge < -0.3 is 19.7 Å². The van der Waals surface area contributed by atoms with E-state index in [2.05, 4.69) is 15.3 Å². The molecule has 1 N–H and O–H groups in total. The van der Waals surface area contributed by atoms with Gasteiger partial charge in [-0.15, -0.1) is 0 Å². The van der Waals surface area contributed by atoms with Gasteiger partial charge in [0, 0.05) is 32.3 Å².